The first-order valence-corrected chi connectivity index (χ1v) is 6.42. The second-order valence-corrected chi connectivity index (χ2v) is 4.90. The highest BCUT2D eigenvalue weighted by Gasteiger charge is 2.14. The molecule has 1 amide bonds. The smallest absolute Gasteiger partial charge is 0.422 e. The lowest BCUT2D eigenvalue weighted by Gasteiger charge is -2.07. The SMILES string of the molecule is CCc1ccc(S(=O)(=O)NNC(=O)OC)cc1. The Balaban J connectivity index is 2.78. The van der Waals surface area contributed by atoms with Gasteiger partial charge in [-0.05, 0) is 24.1 Å². The first-order chi connectivity index (χ1) is 7.99. The predicted molar refractivity (Wildman–Crippen MR) is 61.7 cm³/mol. The zero-order chi connectivity index (χ0) is 12.9. The normalized spacial score (nSPS) is 10.9. The molecule has 0 aliphatic rings. The average molecular weight is 258 g/mol. The van der Waals surface area contributed by atoms with Crippen LogP contribution in [-0.2, 0) is 21.2 Å². The first-order valence-electron chi connectivity index (χ1n) is 4.94. The molecule has 0 atom stereocenters. The minimum atomic E-state index is -3.75. The second kappa shape index (κ2) is 5.65. The van der Waals surface area contributed by atoms with Crippen molar-refractivity contribution in [2.45, 2.75) is 18.2 Å². The molecule has 0 heterocycles. The van der Waals surface area contributed by atoms with Crippen LogP contribution in [0.15, 0.2) is 29.2 Å². The van der Waals surface area contributed by atoms with E-state index in [1.54, 1.807) is 12.1 Å². The molecule has 7 heteroatoms. The van der Waals surface area contributed by atoms with Crippen LogP contribution in [0.4, 0.5) is 4.79 Å². The van der Waals surface area contributed by atoms with Gasteiger partial charge < -0.3 is 4.74 Å². The fourth-order valence-corrected chi connectivity index (χ4v) is 1.95. The topological polar surface area (TPSA) is 84.5 Å². The van der Waals surface area contributed by atoms with Crippen molar-refractivity contribution >= 4 is 16.1 Å². The number of sulfonamides is 1. The molecule has 0 aliphatic heterocycles. The number of carbonyl (C=O) groups is 1. The van der Waals surface area contributed by atoms with Crippen molar-refractivity contribution in [1.82, 2.24) is 10.3 Å². The maximum atomic E-state index is 11.7. The van der Waals surface area contributed by atoms with Gasteiger partial charge in [-0.2, -0.15) is 0 Å². The highest BCUT2D eigenvalue weighted by Crippen LogP contribution is 2.10. The van der Waals surface area contributed by atoms with Crippen molar-refractivity contribution in [3.05, 3.63) is 29.8 Å². The summed E-state index contributed by atoms with van der Waals surface area (Å²) in [5, 5.41) is 0. The van der Waals surface area contributed by atoms with Gasteiger partial charge in [-0.25, -0.2) is 18.6 Å². The van der Waals surface area contributed by atoms with Gasteiger partial charge in [-0.1, -0.05) is 19.1 Å². The monoisotopic (exact) mass is 258 g/mol. The minimum Gasteiger partial charge on any atom is -0.452 e. The zero-order valence-corrected chi connectivity index (χ0v) is 10.4. The van der Waals surface area contributed by atoms with Gasteiger partial charge in [0.25, 0.3) is 10.0 Å². The van der Waals surface area contributed by atoms with Crippen LogP contribution in [0.1, 0.15) is 12.5 Å². The van der Waals surface area contributed by atoms with Gasteiger partial charge in [0, 0.05) is 0 Å². The number of benzene rings is 1. The number of aryl methyl sites for hydroxylation is 1. The predicted octanol–water partition coefficient (Wildman–Crippen LogP) is 0.798. The fourth-order valence-electron chi connectivity index (χ4n) is 1.12. The molecule has 2 N–H and O–H groups in total. The molecule has 0 aliphatic carbocycles. The molecule has 17 heavy (non-hydrogen) atoms. The summed E-state index contributed by atoms with van der Waals surface area (Å²) in [6.45, 7) is 1.97. The third kappa shape index (κ3) is 3.72. The Kier molecular flexibility index (Phi) is 4.47. The van der Waals surface area contributed by atoms with E-state index in [-0.39, 0.29) is 4.90 Å². The molecule has 0 bridgehead atoms. The standard InChI is InChI=1S/C10H14N2O4S/c1-3-8-4-6-9(7-5-8)17(14,15)12-11-10(13)16-2/h4-7,12H,3H2,1-2H3,(H,11,13). The van der Waals surface area contributed by atoms with Gasteiger partial charge in [-0.3, -0.25) is 0 Å². The lowest BCUT2D eigenvalue weighted by Crippen LogP contribution is -2.41. The summed E-state index contributed by atoms with van der Waals surface area (Å²) in [5.74, 6) is 0. The molecule has 0 saturated carbocycles. The lowest BCUT2D eigenvalue weighted by atomic mass is 10.2. The summed E-state index contributed by atoms with van der Waals surface area (Å²) in [6.07, 6.45) is -0.0486. The second-order valence-electron chi connectivity index (χ2n) is 3.22. The van der Waals surface area contributed by atoms with E-state index in [1.165, 1.54) is 12.1 Å². The van der Waals surface area contributed by atoms with Crippen LogP contribution in [-0.4, -0.2) is 21.6 Å². The quantitative estimate of drug-likeness (QED) is 0.782. The Bertz CT molecular complexity index is 482. The first kappa shape index (κ1) is 13.5. The summed E-state index contributed by atoms with van der Waals surface area (Å²) < 4.78 is 27.6. The number of hydrogen-bond donors (Lipinski definition) is 2. The third-order valence-corrected chi connectivity index (χ3v) is 3.38. The largest absolute Gasteiger partial charge is 0.452 e. The Hall–Kier alpha value is -1.60. The summed E-state index contributed by atoms with van der Waals surface area (Å²) in [7, 11) is -2.61. The maximum absolute atomic E-state index is 11.7. The van der Waals surface area contributed by atoms with Crippen LogP contribution >= 0.6 is 0 Å². The van der Waals surface area contributed by atoms with Gasteiger partial charge in [0.15, 0.2) is 0 Å². The molecule has 1 aromatic carbocycles. The van der Waals surface area contributed by atoms with Crippen molar-refractivity contribution in [3.8, 4) is 0 Å². The number of ether oxygens (including phenoxy) is 1. The van der Waals surface area contributed by atoms with Gasteiger partial charge >= 0.3 is 6.09 Å². The molecule has 0 unspecified atom stereocenters. The van der Waals surface area contributed by atoms with E-state index >= 15 is 0 Å². The average Bonchev–Trinajstić information content (AvgIpc) is 2.36. The van der Waals surface area contributed by atoms with Gasteiger partial charge in [0.05, 0.1) is 12.0 Å². The number of rotatable bonds is 4. The van der Waals surface area contributed by atoms with Crippen molar-refractivity contribution < 1.29 is 17.9 Å². The summed E-state index contributed by atoms with van der Waals surface area (Å²) >= 11 is 0. The van der Waals surface area contributed by atoms with Gasteiger partial charge in [-0.15, -0.1) is 4.83 Å². The summed E-state index contributed by atoms with van der Waals surface area (Å²) in [4.78, 5) is 12.7. The van der Waals surface area contributed by atoms with E-state index in [0.717, 1.165) is 19.1 Å². The zero-order valence-electron chi connectivity index (χ0n) is 9.56. The Labute approximate surface area is 100.0 Å². The molecular weight excluding hydrogens is 244 g/mol. The van der Waals surface area contributed by atoms with E-state index in [9.17, 15) is 13.2 Å². The molecule has 0 radical (unpaired) electrons. The van der Waals surface area contributed by atoms with Crippen LogP contribution in [0.3, 0.4) is 0 Å². The molecule has 1 rings (SSSR count). The van der Waals surface area contributed by atoms with E-state index in [0.29, 0.717) is 0 Å². The number of hydrazine groups is 1. The number of hydrogen-bond acceptors (Lipinski definition) is 4. The van der Waals surface area contributed by atoms with Gasteiger partial charge in [0.1, 0.15) is 0 Å². The minimum absolute atomic E-state index is 0.0751. The van der Waals surface area contributed by atoms with Crippen LogP contribution < -0.4 is 10.3 Å². The number of amides is 1. The van der Waals surface area contributed by atoms with E-state index in [2.05, 4.69) is 4.74 Å². The van der Waals surface area contributed by atoms with E-state index < -0.39 is 16.1 Å². The number of nitrogens with one attached hydrogen (secondary N) is 2. The highest BCUT2D eigenvalue weighted by molar-refractivity contribution is 7.89. The van der Waals surface area contributed by atoms with Crippen molar-refractivity contribution in [3.63, 3.8) is 0 Å². The maximum Gasteiger partial charge on any atom is 0.422 e. The summed E-state index contributed by atoms with van der Waals surface area (Å²) in [6, 6.07) is 6.37. The molecule has 94 valence electrons. The summed E-state index contributed by atoms with van der Waals surface area (Å²) in [5.41, 5.74) is 2.93. The van der Waals surface area contributed by atoms with Crippen LogP contribution in [0.25, 0.3) is 0 Å². The molecule has 0 aromatic heterocycles. The number of methoxy groups -OCH3 is 1. The van der Waals surface area contributed by atoms with Crippen molar-refractivity contribution in [2.75, 3.05) is 7.11 Å². The van der Waals surface area contributed by atoms with Crippen molar-refractivity contribution in [1.29, 1.82) is 0 Å². The third-order valence-electron chi connectivity index (χ3n) is 2.11. The molecule has 6 nitrogen and oxygen atoms in total. The molecule has 0 saturated heterocycles. The van der Waals surface area contributed by atoms with Crippen molar-refractivity contribution in [2.24, 2.45) is 0 Å². The van der Waals surface area contributed by atoms with Crippen LogP contribution in [0.2, 0.25) is 0 Å². The van der Waals surface area contributed by atoms with Crippen LogP contribution in [0, 0.1) is 0 Å². The molecular formula is C10H14N2O4S. The molecule has 0 fully saturated rings. The lowest BCUT2D eigenvalue weighted by molar-refractivity contribution is 0.169. The Morgan fingerprint density at radius 3 is 2.35 bits per heavy atom. The molecule has 1 aromatic rings. The van der Waals surface area contributed by atoms with E-state index in [1.807, 2.05) is 17.2 Å². The fraction of sp³-hybridized carbons (Fsp3) is 0.300. The molecule has 0 spiro atoms. The van der Waals surface area contributed by atoms with Gasteiger partial charge in [0.2, 0.25) is 0 Å². The van der Waals surface area contributed by atoms with Crippen LogP contribution in [0.5, 0.6) is 0 Å². The highest BCUT2D eigenvalue weighted by atomic mass is 32.2. The number of carbonyl (C=O) groups excluding carboxylic acids is 1. The Morgan fingerprint density at radius 1 is 1.29 bits per heavy atom. The van der Waals surface area contributed by atoms with E-state index in [4.69, 9.17) is 0 Å². The Morgan fingerprint density at radius 2 is 1.88 bits per heavy atom.